The van der Waals surface area contributed by atoms with Crippen molar-refractivity contribution in [3.8, 4) is 11.4 Å². The van der Waals surface area contributed by atoms with Gasteiger partial charge in [0.25, 0.3) is 0 Å². The van der Waals surface area contributed by atoms with Gasteiger partial charge in [0.05, 0.1) is 6.54 Å². The van der Waals surface area contributed by atoms with E-state index in [1.807, 2.05) is 33.8 Å². The molecule has 94 valence electrons. The van der Waals surface area contributed by atoms with Crippen LogP contribution in [-0.4, -0.2) is 29.6 Å². The van der Waals surface area contributed by atoms with Crippen molar-refractivity contribution in [3.63, 3.8) is 0 Å². The second-order valence-corrected chi connectivity index (χ2v) is 5.75. The van der Waals surface area contributed by atoms with Crippen molar-refractivity contribution in [1.82, 2.24) is 29.6 Å². The third-order valence-electron chi connectivity index (χ3n) is 2.67. The number of rotatable bonds is 3. The normalized spacial score (nSPS) is 11.4. The number of fused-ring (bicyclic) bond motifs is 1. The lowest BCUT2D eigenvalue weighted by molar-refractivity contribution is 0.673. The van der Waals surface area contributed by atoms with Crippen molar-refractivity contribution in [3.05, 3.63) is 40.3 Å². The van der Waals surface area contributed by atoms with E-state index < -0.39 is 0 Å². The highest BCUT2D eigenvalue weighted by molar-refractivity contribution is 7.16. The average Bonchev–Trinajstić information content (AvgIpc) is 3.12. The van der Waals surface area contributed by atoms with Crippen LogP contribution in [0.1, 0.15) is 5.01 Å². The Morgan fingerprint density at radius 1 is 1.26 bits per heavy atom. The van der Waals surface area contributed by atoms with Crippen LogP contribution < -0.4 is 0 Å². The van der Waals surface area contributed by atoms with Crippen molar-refractivity contribution in [2.45, 2.75) is 6.54 Å². The molecule has 0 aliphatic heterocycles. The van der Waals surface area contributed by atoms with Crippen LogP contribution in [0.3, 0.4) is 0 Å². The quantitative estimate of drug-likeness (QED) is 0.579. The SMILES string of the molecule is c1cnn(Cc2nn3c(-c4ccsc4)nnc3s2)c1. The topological polar surface area (TPSA) is 60.9 Å². The molecular formula is C11H8N6S2. The first-order valence-corrected chi connectivity index (χ1v) is 7.37. The first-order valence-electron chi connectivity index (χ1n) is 5.61. The highest BCUT2D eigenvalue weighted by atomic mass is 32.1. The molecule has 4 heterocycles. The second-order valence-electron chi connectivity index (χ2n) is 3.93. The Kier molecular flexibility index (Phi) is 2.42. The zero-order valence-corrected chi connectivity index (χ0v) is 11.3. The minimum atomic E-state index is 0.657. The van der Waals surface area contributed by atoms with Gasteiger partial charge in [0.1, 0.15) is 5.01 Å². The van der Waals surface area contributed by atoms with Crippen LogP contribution in [0.15, 0.2) is 35.3 Å². The largest absolute Gasteiger partial charge is 0.266 e. The van der Waals surface area contributed by atoms with Crippen molar-refractivity contribution in [2.24, 2.45) is 0 Å². The van der Waals surface area contributed by atoms with Gasteiger partial charge in [-0.2, -0.15) is 26.0 Å². The molecule has 0 amide bonds. The van der Waals surface area contributed by atoms with Crippen LogP contribution in [0.5, 0.6) is 0 Å². The molecule has 0 fully saturated rings. The van der Waals surface area contributed by atoms with Crippen LogP contribution in [0.2, 0.25) is 0 Å². The number of hydrogen-bond acceptors (Lipinski definition) is 6. The minimum absolute atomic E-state index is 0.657. The van der Waals surface area contributed by atoms with Gasteiger partial charge in [0, 0.05) is 23.3 Å². The highest BCUT2D eigenvalue weighted by Gasteiger charge is 2.13. The third-order valence-corrected chi connectivity index (χ3v) is 4.24. The zero-order valence-electron chi connectivity index (χ0n) is 9.67. The van der Waals surface area contributed by atoms with Crippen LogP contribution in [-0.2, 0) is 6.54 Å². The van der Waals surface area contributed by atoms with E-state index in [4.69, 9.17) is 0 Å². The van der Waals surface area contributed by atoms with Gasteiger partial charge in [-0.3, -0.25) is 4.68 Å². The van der Waals surface area contributed by atoms with E-state index >= 15 is 0 Å². The van der Waals surface area contributed by atoms with Crippen molar-refractivity contribution < 1.29 is 0 Å². The predicted octanol–water partition coefficient (Wildman–Crippen LogP) is 2.16. The molecule has 0 saturated carbocycles. The molecular weight excluding hydrogens is 280 g/mol. The fourth-order valence-corrected chi connectivity index (χ4v) is 3.28. The molecule has 0 saturated heterocycles. The predicted molar refractivity (Wildman–Crippen MR) is 73.3 cm³/mol. The molecule has 0 aliphatic rings. The summed E-state index contributed by atoms with van der Waals surface area (Å²) >= 11 is 3.17. The Labute approximate surface area is 116 Å². The molecule has 0 aromatic carbocycles. The van der Waals surface area contributed by atoms with E-state index in [0.717, 1.165) is 21.4 Å². The molecule has 0 atom stereocenters. The van der Waals surface area contributed by atoms with E-state index in [0.29, 0.717) is 6.54 Å². The third kappa shape index (κ3) is 1.85. The molecule has 0 radical (unpaired) electrons. The summed E-state index contributed by atoms with van der Waals surface area (Å²) < 4.78 is 3.64. The Hall–Kier alpha value is -2.06. The zero-order chi connectivity index (χ0) is 12.7. The fourth-order valence-electron chi connectivity index (χ4n) is 1.82. The fraction of sp³-hybridized carbons (Fsp3) is 0.0909. The van der Waals surface area contributed by atoms with Gasteiger partial charge in [-0.1, -0.05) is 11.3 Å². The van der Waals surface area contributed by atoms with Crippen molar-refractivity contribution in [1.29, 1.82) is 0 Å². The van der Waals surface area contributed by atoms with Crippen molar-refractivity contribution >= 4 is 27.6 Å². The van der Waals surface area contributed by atoms with Crippen LogP contribution >= 0.6 is 22.7 Å². The summed E-state index contributed by atoms with van der Waals surface area (Å²) in [5, 5.41) is 22.1. The van der Waals surface area contributed by atoms with Crippen LogP contribution in [0.25, 0.3) is 16.3 Å². The summed E-state index contributed by atoms with van der Waals surface area (Å²) in [4.78, 5) is 0.809. The lowest BCUT2D eigenvalue weighted by atomic mass is 10.3. The molecule has 8 heteroatoms. The molecule has 0 spiro atoms. The summed E-state index contributed by atoms with van der Waals surface area (Å²) in [6.07, 6.45) is 3.68. The van der Waals surface area contributed by atoms with Gasteiger partial charge in [0.2, 0.25) is 4.96 Å². The highest BCUT2D eigenvalue weighted by Crippen LogP contribution is 2.23. The molecule has 4 aromatic heterocycles. The molecule has 0 N–H and O–H groups in total. The molecule has 0 aliphatic carbocycles. The maximum absolute atomic E-state index is 4.56. The van der Waals surface area contributed by atoms with E-state index in [2.05, 4.69) is 20.4 Å². The Balaban J connectivity index is 1.76. The summed E-state index contributed by atoms with van der Waals surface area (Å²) in [6.45, 7) is 0.657. The first kappa shape index (κ1) is 10.8. The molecule has 6 nitrogen and oxygen atoms in total. The maximum Gasteiger partial charge on any atom is 0.235 e. The molecule has 4 aromatic rings. The van der Waals surface area contributed by atoms with Crippen molar-refractivity contribution in [2.75, 3.05) is 0 Å². The molecule has 0 unspecified atom stereocenters. The van der Waals surface area contributed by atoms with Crippen LogP contribution in [0, 0.1) is 0 Å². The maximum atomic E-state index is 4.56. The number of aromatic nitrogens is 6. The molecule has 0 bridgehead atoms. The van der Waals surface area contributed by atoms with E-state index in [-0.39, 0.29) is 0 Å². The molecule has 4 rings (SSSR count). The summed E-state index contributed by atoms with van der Waals surface area (Å²) in [5.74, 6) is 0.791. The van der Waals surface area contributed by atoms with Gasteiger partial charge in [0.15, 0.2) is 5.82 Å². The van der Waals surface area contributed by atoms with E-state index in [9.17, 15) is 0 Å². The van der Waals surface area contributed by atoms with Gasteiger partial charge in [-0.15, -0.1) is 10.2 Å². The standard InChI is InChI=1S/C11H8N6S2/c1-3-12-16(4-1)6-9-15-17-10(8-2-5-18-7-8)13-14-11(17)19-9/h1-5,7H,6H2. The van der Waals surface area contributed by atoms with Gasteiger partial charge in [-0.05, 0) is 17.5 Å². The average molecular weight is 288 g/mol. The monoisotopic (exact) mass is 288 g/mol. The Morgan fingerprint density at radius 2 is 2.26 bits per heavy atom. The summed E-state index contributed by atoms with van der Waals surface area (Å²) in [5.41, 5.74) is 1.05. The molecule has 19 heavy (non-hydrogen) atoms. The van der Waals surface area contributed by atoms with Gasteiger partial charge < -0.3 is 0 Å². The lowest BCUT2D eigenvalue weighted by Gasteiger charge is -1.95. The lowest BCUT2D eigenvalue weighted by Crippen LogP contribution is -2.00. The number of nitrogens with zero attached hydrogens (tertiary/aromatic N) is 6. The number of hydrogen-bond donors (Lipinski definition) is 0. The van der Waals surface area contributed by atoms with Gasteiger partial charge in [-0.25, -0.2) is 0 Å². The minimum Gasteiger partial charge on any atom is -0.266 e. The first-order chi connectivity index (χ1) is 9.40. The summed E-state index contributed by atoms with van der Waals surface area (Å²) in [6, 6.07) is 3.92. The van der Waals surface area contributed by atoms with E-state index in [1.54, 1.807) is 22.0 Å². The number of thiophene rings is 1. The smallest absolute Gasteiger partial charge is 0.235 e. The Bertz CT molecular complexity index is 796. The summed E-state index contributed by atoms with van der Waals surface area (Å²) in [7, 11) is 0. The second kappa shape index (κ2) is 4.25. The van der Waals surface area contributed by atoms with Gasteiger partial charge >= 0.3 is 0 Å². The van der Waals surface area contributed by atoms with E-state index in [1.165, 1.54) is 11.3 Å². The Morgan fingerprint density at radius 3 is 3.05 bits per heavy atom. The van der Waals surface area contributed by atoms with Crippen LogP contribution in [0.4, 0.5) is 0 Å².